The molecule has 0 bridgehead atoms. The lowest BCUT2D eigenvalue weighted by molar-refractivity contribution is 0.0977. The molecule has 1 aliphatic rings. The SMILES string of the molecule is COc1cc2c(cc1OC)C(=O)C[C@@H](C)S2. The Kier molecular flexibility index (Phi) is 3.10. The highest BCUT2D eigenvalue weighted by Crippen LogP contribution is 2.41. The fourth-order valence-electron chi connectivity index (χ4n) is 1.81. The minimum atomic E-state index is 0.183. The zero-order chi connectivity index (χ0) is 11.7. The lowest BCUT2D eigenvalue weighted by Crippen LogP contribution is -2.14. The predicted octanol–water partition coefficient (Wildman–Crippen LogP) is 2.77. The summed E-state index contributed by atoms with van der Waals surface area (Å²) in [6.07, 6.45) is 0.590. The first-order chi connectivity index (χ1) is 7.65. The second kappa shape index (κ2) is 4.37. The molecule has 0 aromatic heterocycles. The number of methoxy groups -OCH3 is 2. The Morgan fingerprint density at radius 1 is 1.25 bits per heavy atom. The van der Waals surface area contributed by atoms with Crippen molar-refractivity contribution in [1.29, 1.82) is 0 Å². The molecular formula is C12H14O3S. The normalized spacial score (nSPS) is 19.2. The van der Waals surface area contributed by atoms with Crippen molar-refractivity contribution in [3.63, 3.8) is 0 Å². The van der Waals surface area contributed by atoms with E-state index in [-0.39, 0.29) is 5.78 Å². The molecule has 1 heterocycles. The number of benzene rings is 1. The van der Waals surface area contributed by atoms with E-state index in [0.29, 0.717) is 23.2 Å². The topological polar surface area (TPSA) is 35.5 Å². The van der Waals surface area contributed by atoms with Crippen LogP contribution in [0.15, 0.2) is 17.0 Å². The Bertz CT molecular complexity index is 429. The van der Waals surface area contributed by atoms with Gasteiger partial charge >= 0.3 is 0 Å². The molecule has 1 aliphatic heterocycles. The first kappa shape index (κ1) is 11.3. The van der Waals surface area contributed by atoms with Crippen molar-refractivity contribution in [3.05, 3.63) is 17.7 Å². The van der Waals surface area contributed by atoms with Crippen LogP contribution in [0.25, 0.3) is 0 Å². The number of ketones is 1. The summed E-state index contributed by atoms with van der Waals surface area (Å²) in [5, 5.41) is 0.332. The summed E-state index contributed by atoms with van der Waals surface area (Å²) < 4.78 is 10.4. The van der Waals surface area contributed by atoms with Crippen molar-refractivity contribution in [2.45, 2.75) is 23.5 Å². The van der Waals surface area contributed by atoms with E-state index >= 15 is 0 Å². The molecule has 86 valence electrons. The smallest absolute Gasteiger partial charge is 0.165 e. The number of Topliss-reactive ketones (excluding diaryl/α,β-unsaturated/α-hetero) is 1. The molecule has 0 spiro atoms. The summed E-state index contributed by atoms with van der Waals surface area (Å²) >= 11 is 1.71. The predicted molar refractivity (Wildman–Crippen MR) is 63.8 cm³/mol. The van der Waals surface area contributed by atoms with Crippen LogP contribution in [0, 0.1) is 0 Å². The van der Waals surface area contributed by atoms with Crippen molar-refractivity contribution in [1.82, 2.24) is 0 Å². The molecule has 1 atom stereocenters. The molecule has 4 heteroatoms. The molecule has 0 unspecified atom stereocenters. The summed E-state index contributed by atoms with van der Waals surface area (Å²) in [6, 6.07) is 3.65. The van der Waals surface area contributed by atoms with E-state index in [2.05, 4.69) is 6.92 Å². The van der Waals surface area contributed by atoms with Crippen LogP contribution in [0.3, 0.4) is 0 Å². The number of thioether (sulfide) groups is 1. The average molecular weight is 238 g/mol. The molecule has 0 aliphatic carbocycles. The summed E-state index contributed by atoms with van der Waals surface area (Å²) in [6.45, 7) is 2.06. The van der Waals surface area contributed by atoms with E-state index in [0.717, 1.165) is 10.5 Å². The molecule has 1 aromatic carbocycles. The van der Waals surface area contributed by atoms with Crippen molar-refractivity contribution in [2.24, 2.45) is 0 Å². The second-order valence-electron chi connectivity index (χ2n) is 3.76. The van der Waals surface area contributed by atoms with E-state index in [1.807, 2.05) is 6.07 Å². The minimum Gasteiger partial charge on any atom is -0.493 e. The van der Waals surface area contributed by atoms with Gasteiger partial charge in [0.05, 0.1) is 14.2 Å². The summed E-state index contributed by atoms with van der Waals surface area (Å²) in [4.78, 5) is 12.8. The molecule has 0 saturated heterocycles. The molecule has 2 rings (SSSR count). The number of hydrogen-bond donors (Lipinski definition) is 0. The van der Waals surface area contributed by atoms with Gasteiger partial charge < -0.3 is 9.47 Å². The van der Waals surface area contributed by atoms with Gasteiger partial charge in [-0.25, -0.2) is 0 Å². The van der Waals surface area contributed by atoms with Gasteiger partial charge in [0.25, 0.3) is 0 Å². The zero-order valence-corrected chi connectivity index (χ0v) is 10.4. The first-order valence-corrected chi connectivity index (χ1v) is 5.99. The average Bonchev–Trinajstić information content (AvgIpc) is 2.27. The Morgan fingerprint density at radius 2 is 1.88 bits per heavy atom. The third-order valence-corrected chi connectivity index (χ3v) is 3.75. The Balaban J connectivity index is 2.51. The third kappa shape index (κ3) is 1.89. The number of hydrogen-bond acceptors (Lipinski definition) is 4. The highest BCUT2D eigenvalue weighted by atomic mass is 32.2. The van der Waals surface area contributed by atoms with Gasteiger partial charge in [0, 0.05) is 22.1 Å². The van der Waals surface area contributed by atoms with Gasteiger partial charge in [0.15, 0.2) is 17.3 Å². The van der Waals surface area contributed by atoms with Crippen LogP contribution >= 0.6 is 11.8 Å². The zero-order valence-electron chi connectivity index (χ0n) is 9.57. The van der Waals surface area contributed by atoms with Gasteiger partial charge in [0.2, 0.25) is 0 Å². The van der Waals surface area contributed by atoms with Crippen LogP contribution in [0.2, 0.25) is 0 Å². The Labute approximate surface area is 99.1 Å². The van der Waals surface area contributed by atoms with E-state index in [1.54, 1.807) is 32.0 Å². The van der Waals surface area contributed by atoms with Gasteiger partial charge in [0.1, 0.15) is 0 Å². The highest BCUT2D eigenvalue weighted by molar-refractivity contribution is 8.00. The lowest BCUT2D eigenvalue weighted by Gasteiger charge is -2.21. The molecule has 16 heavy (non-hydrogen) atoms. The maximum Gasteiger partial charge on any atom is 0.165 e. The van der Waals surface area contributed by atoms with Crippen LogP contribution in [0.1, 0.15) is 23.7 Å². The summed E-state index contributed by atoms with van der Waals surface area (Å²) in [5.41, 5.74) is 0.751. The molecule has 0 amide bonds. The summed E-state index contributed by atoms with van der Waals surface area (Å²) in [7, 11) is 3.18. The van der Waals surface area contributed by atoms with Crippen LogP contribution in [-0.4, -0.2) is 25.3 Å². The minimum absolute atomic E-state index is 0.183. The lowest BCUT2D eigenvalue weighted by atomic mass is 10.1. The second-order valence-corrected chi connectivity index (χ2v) is 5.24. The Morgan fingerprint density at radius 3 is 2.50 bits per heavy atom. The van der Waals surface area contributed by atoms with Gasteiger partial charge in [-0.05, 0) is 12.1 Å². The van der Waals surface area contributed by atoms with Crippen LogP contribution < -0.4 is 9.47 Å². The number of fused-ring (bicyclic) bond motifs is 1. The van der Waals surface area contributed by atoms with Gasteiger partial charge in [-0.2, -0.15) is 0 Å². The number of rotatable bonds is 2. The molecule has 3 nitrogen and oxygen atoms in total. The van der Waals surface area contributed by atoms with Crippen LogP contribution in [0.5, 0.6) is 11.5 Å². The highest BCUT2D eigenvalue weighted by Gasteiger charge is 2.25. The summed E-state index contributed by atoms with van der Waals surface area (Å²) in [5.74, 6) is 1.47. The van der Waals surface area contributed by atoms with Crippen molar-refractivity contribution < 1.29 is 14.3 Å². The molecule has 0 N–H and O–H groups in total. The Hall–Kier alpha value is -1.16. The van der Waals surface area contributed by atoms with E-state index < -0.39 is 0 Å². The third-order valence-electron chi connectivity index (χ3n) is 2.59. The maximum atomic E-state index is 11.9. The van der Waals surface area contributed by atoms with Crippen LogP contribution in [-0.2, 0) is 0 Å². The number of carbonyl (C=O) groups excluding carboxylic acids is 1. The number of carbonyl (C=O) groups is 1. The molecular weight excluding hydrogens is 224 g/mol. The van der Waals surface area contributed by atoms with Crippen molar-refractivity contribution in [2.75, 3.05) is 14.2 Å². The number of ether oxygens (including phenoxy) is 2. The quantitative estimate of drug-likeness (QED) is 0.793. The fourth-order valence-corrected chi connectivity index (χ4v) is 2.95. The monoisotopic (exact) mass is 238 g/mol. The molecule has 1 aromatic rings. The largest absolute Gasteiger partial charge is 0.493 e. The maximum absolute atomic E-state index is 11.9. The molecule has 0 saturated carbocycles. The van der Waals surface area contributed by atoms with Crippen LogP contribution in [0.4, 0.5) is 0 Å². The first-order valence-electron chi connectivity index (χ1n) is 5.11. The van der Waals surface area contributed by atoms with Crippen molar-refractivity contribution in [3.8, 4) is 11.5 Å². The standard InChI is InChI=1S/C12H14O3S/c1-7-4-9(13)8-5-10(14-2)11(15-3)6-12(8)16-7/h5-7H,4H2,1-3H3/t7-/m1/s1. The fraction of sp³-hybridized carbons (Fsp3) is 0.417. The van der Waals surface area contributed by atoms with Crippen molar-refractivity contribution >= 4 is 17.5 Å². The van der Waals surface area contributed by atoms with E-state index in [4.69, 9.17) is 9.47 Å². The molecule has 0 fully saturated rings. The van der Waals surface area contributed by atoms with Gasteiger partial charge in [-0.15, -0.1) is 11.8 Å². The van der Waals surface area contributed by atoms with Gasteiger partial charge in [-0.1, -0.05) is 6.92 Å². The van der Waals surface area contributed by atoms with Gasteiger partial charge in [-0.3, -0.25) is 4.79 Å². The van der Waals surface area contributed by atoms with E-state index in [1.165, 1.54) is 0 Å². The van der Waals surface area contributed by atoms with E-state index in [9.17, 15) is 4.79 Å². The molecule has 0 radical (unpaired) electrons.